The number of nitrogens with one attached hydrogen (secondary N) is 2. The van der Waals surface area contributed by atoms with Crippen LogP contribution in [-0.4, -0.2) is 39.0 Å². The summed E-state index contributed by atoms with van der Waals surface area (Å²) in [7, 11) is 0. The molecular formula is C27H35N7O3. The molecule has 10 heteroatoms. The summed E-state index contributed by atoms with van der Waals surface area (Å²) in [6, 6.07) is 6.44. The monoisotopic (exact) mass is 505 g/mol. The molecule has 37 heavy (non-hydrogen) atoms. The highest BCUT2D eigenvalue weighted by Crippen LogP contribution is 2.25. The fraction of sp³-hybridized carbons (Fsp3) is 0.444. The first-order valence-corrected chi connectivity index (χ1v) is 12.7. The largest absolute Gasteiger partial charge is 0.461 e. The molecule has 3 aromatic rings. The number of aromatic nitrogens is 3. The van der Waals surface area contributed by atoms with Crippen LogP contribution in [0.15, 0.2) is 30.5 Å². The predicted molar refractivity (Wildman–Crippen MR) is 144 cm³/mol. The van der Waals surface area contributed by atoms with Gasteiger partial charge in [-0.1, -0.05) is 13.8 Å². The minimum Gasteiger partial charge on any atom is -0.461 e. The highest BCUT2D eigenvalue weighted by molar-refractivity contribution is 5.97. The molecule has 1 aromatic carbocycles. The number of carbonyl (C=O) groups is 2. The fourth-order valence-corrected chi connectivity index (χ4v) is 4.63. The molecule has 0 radical (unpaired) electrons. The Labute approximate surface area is 216 Å². The van der Waals surface area contributed by atoms with Crippen LogP contribution in [0.3, 0.4) is 0 Å². The number of nitrogen functional groups attached to an aromatic ring is 2. The Morgan fingerprint density at radius 2 is 1.81 bits per heavy atom. The van der Waals surface area contributed by atoms with Crippen molar-refractivity contribution in [2.45, 2.75) is 71.6 Å². The number of hydrogen-bond donors (Lipinski definition) is 4. The van der Waals surface area contributed by atoms with Gasteiger partial charge in [0.2, 0.25) is 5.95 Å². The van der Waals surface area contributed by atoms with Gasteiger partial charge in [-0.05, 0) is 80.3 Å². The minimum atomic E-state index is -0.666. The van der Waals surface area contributed by atoms with Crippen molar-refractivity contribution >= 4 is 40.4 Å². The van der Waals surface area contributed by atoms with Crippen LogP contribution in [0.4, 0.5) is 17.5 Å². The number of ether oxygens (including phenoxy) is 1. The Bertz CT molecular complexity index is 1270. The second kappa shape index (κ2) is 11.4. The molecule has 10 nitrogen and oxygen atoms in total. The van der Waals surface area contributed by atoms with Gasteiger partial charge in [0.1, 0.15) is 18.0 Å². The quantitative estimate of drug-likeness (QED) is 0.318. The lowest BCUT2D eigenvalue weighted by atomic mass is 10.0. The molecule has 0 spiro atoms. The number of nitrogens with zero attached hydrogens (tertiary/aromatic N) is 3. The van der Waals surface area contributed by atoms with E-state index in [0.717, 1.165) is 42.5 Å². The van der Waals surface area contributed by atoms with E-state index in [9.17, 15) is 9.59 Å². The maximum absolute atomic E-state index is 12.9. The third kappa shape index (κ3) is 6.44. The number of esters is 1. The van der Waals surface area contributed by atoms with Crippen molar-refractivity contribution in [3.63, 3.8) is 0 Å². The summed E-state index contributed by atoms with van der Waals surface area (Å²) < 4.78 is 5.66. The molecule has 2 heterocycles. The molecule has 6 N–H and O–H groups in total. The van der Waals surface area contributed by atoms with E-state index in [0.29, 0.717) is 35.4 Å². The van der Waals surface area contributed by atoms with E-state index in [2.05, 4.69) is 25.6 Å². The zero-order chi connectivity index (χ0) is 26.5. The SMILES string of the molecule is Cc1c(CNc2ccc(C(=O)N[C@@H](CC(C)C)C(=O)OC3CCCC3)cc2)cnc2nc(N)nc(N)c12. The molecule has 196 valence electrons. The average molecular weight is 506 g/mol. The van der Waals surface area contributed by atoms with E-state index in [-0.39, 0.29) is 29.8 Å². The van der Waals surface area contributed by atoms with E-state index in [1.54, 1.807) is 18.3 Å². The molecule has 1 saturated carbocycles. The Morgan fingerprint density at radius 3 is 2.49 bits per heavy atom. The maximum Gasteiger partial charge on any atom is 0.328 e. The number of anilines is 3. The lowest BCUT2D eigenvalue weighted by Gasteiger charge is -2.21. The summed E-state index contributed by atoms with van der Waals surface area (Å²) in [5.74, 6) is -0.0220. The minimum absolute atomic E-state index is 0.0343. The molecule has 0 bridgehead atoms. The van der Waals surface area contributed by atoms with Gasteiger partial charge >= 0.3 is 5.97 Å². The topological polar surface area (TPSA) is 158 Å². The Balaban J connectivity index is 1.39. The predicted octanol–water partition coefficient (Wildman–Crippen LogP) is 3.74. The molecule has 1 fully saturated rings. The molecule has 4 rings (SSSR count). The summed E-state index contributed by atoms with van der Waals surface area (Å²) >= 11 is 0. The molecular weight excluding hydrogens is 470 g/mol. The Morgan fingerprint density at radius 1 is 1.11 bits per heavy atom. The standard InChI is InChI=1S/C27H35N7O3/c1-15(2)12-21(26(36)37-20-6-4-5-7-20)32-25(35)17-8-10-19(11-9-17)30-13-18-14-31-24-22(16(18)3)23(28)33-27(29)34-24/h8-11,14-15,20-21,30H,4-7,12-13H2,1-3H3,(H,32,35)(H4,28,29,31,33,34)/t21-/m0/s1. The molecule has 2 aromatic heterocycles. The van der Waals surface area contributed by atoms with Crippen LogP contribution in [0.5, 0.6) is 0 Å². The number of pyridine rings is 1. The van der Waals surface area contributed by atoms with Gasteiger partial charge in [0.15, 0.2) is 5.65 Å². The fourth-order valence-electron chi connectivity index (χ4n) is 4.63. The summed E-state index contributed by atoms with van der Waals surface area (Å²) in [4.78, 5) is 38.2. The average Bonchev–Trinajstić information content (AvgIpc) is 3.36. The number of nitrogens with two attached hydrogens (primary N) is 2. The second-order valence-electron chi connectivity index (χ2n) is 10.0. The van der Waals surface area contributed by atoms with Gasteiger partial charge in [-0.2, -0.15) is 9.97 Å². The van der Waals surface area contributed by atoms with Gasteiger partial charge in [0, 0.05) is 24.0 Å². The second-order valence-corrected chi connectivity index (χ2v) is 10.0. The zero-order valence-electron chi connectivity index (χ0n) is 21.6. The number of rotatable bonds is 9. The highest BCUT2D eigenvalue weighted by Gasteiger charge is 2.28. The van der Waals surface area contributed by atoms with Crippen molar-refractivity contribution in [1.82, 2.24) is 20.3 Å². The van der Waals surface area contributed by atoms with Crippen LogP contribution in [0.1, 0.15) is 67.4 Å². The van der Waals surface area contributed by atoms with Crippen molar-refractivity contribution in [2.75, 3.05) is 16.8 Å². The number of amides is 1. The summed E-state index contributed by atoms with van der Waals surface area (Å²) in [6.07, 6.45) is 6.17. The number of fused-ring (bicyclic) bond motifs is 1. The van der Waals surface area contributed by atoms with E-state index in [1.165, 1.54) is 0 Å². The van der Waals surface area contributed by atoms with Crippen LogP contribution >= 0.6 is 0 Å². The normalized spacial score (nSPS) is 14.6. The first-order chi connectivity index (χ1) is 17.7. The first-order valence-electron chi connectivity index (χ1n) is 12.7. The molecule has 1 aliphatic carbocycles. The van der Waals surface area contributed by atoms with Crippen molar-refractivity contribution in [1.29, 1.82) is 0 Å². The van der Waals surface area contributed by atoms with Gasteiger partial charge in [-0.15, -0.1) is 0 Å². The van der Waals surface area contributed by atoms with E-state index < -0.39 is 6.04 Å². The number of carbonyl (C=O) groups excluding carboxylic acids is 2. The Hall–Kier alpha value is -3.95. The van der Waals surface area contributed by atoms with Crippen molar-refractivity contribution in [3.8, 4) is 0 Å². The molecule has 1 aliphatic rings. The van der Waals surface area contributed by atoms with Gasteiger partial charge in [0.05, 0.1) is 5.39 Å². The van der Waals surface area contributed by atoms with Gasteiger partial charge in [-0.3, -0.25) is 4.79 Å². The number of hydrogen-bond acceptors (Lipinski definition) is 9. The third-order valence-corrected chi connectivity index (χ3v) is 6.65. The van der Waals surface area contributed by atoms with Crippen molar-refractivity contribution in [2.24, 2.45) is 5.92 Å². The molecule has 0 unspecified atom stereocenters. The van der Waals surface area contributed by atoms with Gasteiger partial charge < -0.3 is 26.8 Å². The molecule has 1 amide bonds. The van der Waals surface area contributed by atoms with Crippen LogP contribution < -0.4 is 22.1 Å². The smallest absolute Gasteiger partial charge is 0.328 e. The first kappa shape index (κ1) is 26.1. The van der Waals surface area contributed by atoms with E-state index >= 15 is 0 Å². The Kier molecular flexibility index (Phi) is 8.05. The van der Waals surface area contributed by atoms with Crippen LogP contribution in [0.2, 0.25) is 0 Å². The van der Waals surface area contributed by atoms with Gasteiger partial charge in [0.25, 0.3) is 5.91 Å². The van der Waals surface area contributed by atoms with Crippen LogP contribution in [-0.2, 0) is 16.1 Å². The molecule has 0 aliphatic heterocycles. The number of benzene rings is 1. The van der Waals surface area contributed by atoms with E-state index in [4.69, 9.17) is 16.2 Å². The lowest BCUT2D eigenvalue weighted by Crippen LogP contribution is -2.43. The van der Waals surface area contributed by atoms with Crippen molar-refractivity contribution in [3.05, 3.63) is 47.2 Å². The number of aryl methyl sites for hydroxylation is 1. The summed E-state index contributed by atoms with van der Waals surface area (Å²) in [5, 5.41) is 6.89. The van der Waals surface area contributed by atoms with Crippen LogP contribution in [0.25, 0.3) is 11.0 Å². The van der Waals surface area contributed by atoms with Gasteiger partial charge in [-0.25, -0.2) is 9.78 Å². The van der Waals surface area contributed by atoms with Crippen molar-refractivity contribution < 1.29 is 14.3 Å². The van der Waals surface area contributed by atoms with E-state index in [1.807, 2.05) is 32.9 Å². The third-order valence-electron chi connectivity index (χ3n) is 6.65. The van der Waals surface area contributed by atoms with Crippen LogP contribution in [0, 0.1) is 12.8 Å². The maximum atomic E-state index is 12.9. The highest BCUT2D eigenvalue weighted by atomic mass is 16.5. The summed E-state index contributed by atoms with van der Waals surface area (Å²) in [6.45, 7) is 6.47. The molecule has 1 atom stereocenters. The molecule has 0 saturated heterocycles. The zero-order valence-corrected chi connectivity index (χ0v) is 21.6. The lowest BCUT2D eigenvalue weighted by molar-refractivity contribution is -0.151. The summed E-state index contributed by atoms with van der Waals surface area (Å²) in [5.41, 5.74) is 15.3.